The molecular formula is C20H24N2O4S. The second-order valence-corrected chi connectivity index (χ2v) is 7.48. The van der Waals surface area contributed by atoms with Crippen molar-refractivity contribution in [2.45, 2.75) is 33.3 Å². The first-order chi connectivity index (χ1) is 13.1. The van der Waals surface area contributed by atoms with Crippen LogP contribution in [0.3, 0.4) is 0 Å². The number of nitrogens with zero attached hydrogens (tertiary/aromatic N) is 2. The van der Waals surface area contributed by atoms with Crippen LogP contribution in [0.25, 0.3) is 0 Å². The Morgan fingerprint density at radius 3 is 2.74 bits per heavy atom. The van der Waals surface area contributed by atoms with Crippen molar-refractivity contribution in [1.29, 1.82) is 0 Å². The highest BCUT2D eigenvalue weighted by Gasteiger charge is 2.29. The van der Waals surface area contributed by atoms with E-state index in [0.29, 0.717) is 37.6 Å². The van der Waals surface area contributed by atoms with Gasteiger partial charge in [0.2, 0.25) is 0 Å². The SMILES string of the molecule is CCOC(=O)C1CCCN(C(=O)c2ccc(OCc3nc(C)cs3)cc2)C1. The van der Waals surface area contributed by atoms with E-state index in [-0.39, 0.29) is 17.8 Å². The third kappa shape index (κ3) is 5.07. The molecule has 1 amide bonds. The zero-order chi connectivity index (χ0) is 19.2. The predicted molar refractivity (Wildman–Crippen MR) is 103 cm³/mol. The average molecular weight is 388 g/mol. The van der Waals surface area contributed by atoms with Crippen LogP contribution in [0.1, 0.15) is 40.8 Å². The number of hydrogen-bond donors (Lipinski definition) is 0. The zero-order valence-electron chi connectivity index (χ0n) is 15.6. The van der Waals surface area contributed by atoms with Crippen molar-refractivity contribution >= 4 is 23.2 Å². The van der Waals surface area contributed by atoms with Crippen molar-refractivity contribution < 1.29 is 19.1 Å². The van der Waals surface area contributed by atoms with E-state index >= 15 is 0 Å². The van der Waals surface area contributed by atoms with Crippen molar-refractivity contribution in [3.05, 3.63) is 45.9 Å². The average Bonchev–Trinajstić information content (AvgIpc) is 3.12. The van der Waals surface area contributed by atoms with Crippen LogP contribution in [-0.2, 0) is 16.1 Å². The Balaban J connectivity index is 1.57. The Hall–Kier alpha value is -2.41. The van der Waals surface area contributed by atoms with Gasteiger partial charge in [-0.05, 0) is 51.0 Å². The van der Waals surface area contributed by atoms with Crippen molar-refractivity contribution in [3.8, 4) is 5.75 Å². The normalized spacial score (nSPS) is 16.8. The lowest BCUT2D eigenvalue weighted by molar-refractivity contribution is -0.149. The number of piperidine rings is 1. The molecule has 2 aromatic rings. The maximum Gasteiger partial charge on any atom is 0.310 e. The summed E-state index contributed by atoms with van der Waals surface area (Å²) in [5.41, 5.74) is 1.58. The van der Waals surface area contributed by atoms with Crippen molar-refractivity contribution in [2.24, 2.45) is 5.92 Å². The molecule has 1 aliphatic heterocycles. The maximum atomic E-state index is 12.7. The summed E-state index contributed by atoms with van der Waals surface area (Å²) in [4.78, 5) is 30.8. The first-order valence-corrected chi connectivity index (χ1v) is 10.0. The van der Waals surface area contributed by atoms with Gasteiger partial charge in [-0.15, -0.1) is 11.3 Å². The Kier molecular flexibility index (Phi) is 6.45. The Bertz CT molecular complexity index is 788. The zero-order valence-corrected chi connectivity index (χ0v) is 16.5. The van der Waals surface area contributed by atoms with E-state index in [9.17, 15) is 9.59 Å². The summed E-state index contributed by atoms with van der Waals surface area (Å²) in [5.74, 6) is 0.191. The summed E-state index contributed by atoms with van der Waals surface area (Å²) in [7, 11) is 0. The molecule has 3 rings (SSSR count). The van der Waals surface area contributed by atoms with Gasteiger partial charge < -0.3 is 14.4 Å². The number of hydrogen-bond acceptors (Lipinski definition) is 6. The number of carbonyl (C=O) groups is 2. The molecule has 2 heterocycles. The molecule has 1 unspecified atom stereocenters. The molecule has 0 N–H and O–H groups in total. The molecule has 0 bridgehead atoms. The minimum absolute atomic E-state index is 0.0638. The van der Waals surface area contributed by atoms with Crippen LogP contribution in [0.15, 0.2) is 29.6 Å². The van der Waals surface area contributed by atoms with Crippen LogP contribution in [0.2, 0.25) is 0 Å². The Morgan fingerprint density at radius 1 is 1.30 bits per heavy atom. The summed E-state index contributed by atoms with van der Waals surface area (Å²) >= 11 is 1.57. The number of thiazole rings is 1. The van der Waals surface area contributed by atoms with Gasteiger partial charge in [0.25, 0.3) is 5.91 Å². The minimum Gasteiger partial charge on any atom is -0.486 e. The van der Waals surface area contributed by atoms with Gasteiger partial charge in [0, 0.05) is 29.7 Å². The smallest absolute Gasteiger partial charge is 0.310 e. The molecule has 1 aromatic carbocycles. The van der Waals surface area contributed by atoms with Crippen molar-refractivity contribution in [3.63, 3.8) is 0 Å². The van der Waals surface area contributed by atoms with Gasteiger partial charge in [-0.25, -0.2) is 4.98 Å². The lowest BCUT2D eigenvalue weighted by Gasteiger charge is -2.31. The summed E-state index contributed by atoms with van der Waals surface area (Å²) < 4.78 is 10.8. The van der Waals surface area contributed by atoms with E-state index in [0.717, 1.165) is 23.5 Å². The molecule has 7 heteroatoms. The fraction of sp³-hybridized carbons (Fsp3) is 0.450. The third-order valence-corrected chi connectivity index (χ3v) is 5.40. The monoisotopic (exact) mass is 388 g/mol. The van der Waals surface area contributed by atoms with E-state index in [2.05, 4.69) is 4.98 Å². The molecule has 1 fully saturated rings. The lowest BCUT2D eigenvalue weighted by atomic mass is 9.97. The number of rotatable bonds is 6. The highest BCUT2D eigenvalue weighted by molar-refractivity contribution is 7.09. The standard InChI is InChI=1S/C20H24N2O4S/c1-3-25-20(24)16-5-4-10-22(11-16)19(23)15-6-8-17(9-7-15)26-12-18-21-14(2)13-27-18/h6-9,13,16H,3-5,10-12H2,1-2H3. The van der Waals surface area contributed by atoms with E-state index in [1.54, 1.807) is 47.4 Å². The second-order valence-electron chi connectivity index (χ2n) is 6.54. The number of carbonyl (C=O) groups excluding carboxylic acids is 2. The van der Waals surface area contributed by atoms with Crippen LogP contribution >= 0.6 is 11.3 Å². The Morgan fingerprint density at radius 2 is 2.07 bits per heavy atom. The predicted octanol–water partition coefficient (Wildman–Crippen LogP) is 3.45. The van der Waals surface area contributed by atoms with E-state index in [1.807, 2.05) is 12.3 Å². The van der Waals surface area contributed by atoms with E-state index < -0.39 is 0 Å². The highest BCUT2D eigenvalue weighted by atomic mass is 32.1. The topological polar surface area (TPSA) is 68.7 Å². The molecule has 1 atom stereocenters. The maximum absolute atomic E-state index is 12.7. The van der Waals surface area contributed by atoms with Crippen LogP contribution in [-0.4, -0.2) is 41.5 Å². The largest absolute Gasteiger partial charge is 0.486 e. The van der Waals surface area contributed by atoms with E-state index in [4.69, 9.17) is 9.47 Å². The van der Waals surface area contributed by atoms with Gasteiger partial charge in [0.15, 0.2) is 0 Å². The quantitative estimate of drug-likeness (QED) is 0.709. The summed E-state index contributed by atoms with van der Waals surface area (Å²) in [5, 5.41) is 2.91. The lowest BCUT2D eigenvalue weighted by Crippen LogP contribution is -2.42. The van der Waals surface area contributed by atoms with Gasteiger partial charge in [-0.2, -0.15) is 0 Å². The number of aromatic nitrogens is 1. The van der Waals surface area contributed by atoms with Crippen LogP contribution in [0, 0.1) is 12.8 Å². The van der Waals surface area contributed by atoms with Gasteiger partial charge in [0.1, 0.15) is 17.4 Å². The van der Waals surface area contributed by atoms with Gasteiger partial charge in [0.05, 0.1) is 12.5 Å². The fourth-order valence-corrected chi connectivity index (χ4v) is 3.79. The van der Waals surface area contributed by atoms with Crippen LogP contribution < -0.4 is 4.74 Å². The van der Waals surface area contributed by atoms with Crippen molar-refractivity contribution in [1.82, 2.24) is 9.88 Å². The van der Waals surface area contributed by atoms with E-state index in [1.165, 1.54) is 0 Å². The molecule has 1 aromatic heterocycles. The first-order valence-electron chi connectivity index (χ1n) is 9.16. The number of amides is 1. The van der Waals surface area contributed by atoms with Crippen molar-refractivity contribution in [2.75, 3.05) is 19.7 Å². The molecular weight excluding hydrogens is 364 g/mol. The number of aryl methyl sites for hydroxylation is 1. The first kappa shape index (κ1) is 19.4. The summed E-state index contributed by atoms with van der Waals surface area (Å²) in [6.45, 7) is 5.61. The van der Waals surface area contributed by atoms with Gasteiger partial charge in [-0.1, -0.05) is 0 Å². The van der Waals surface area contributed by atoms with Gasteiger partial charge >= 0.3 is 5.97 Å². The Labute approximate surface area is 163 Å². The number of esters is 1. The highest BCUT2D eigenvalue weighted by Crippen LogP contribution is 2.21. The molecule has 0 aliphatic carbocycles. The van der Waals surface area contributed by atoms with Crippen LogP contribution in [0.4, 0.5) is 0 Å². The molecule has 0 saturated carbocycles. The molecule has 1 aliphatic rings. The number of benzene rings is 1. The molecule has 1 saturated heterocycles. The van der Waals surface area contributed by atoms with Crippen LogP contribution in [0.5, 0.6) is 5.75 Å². The molecule has 0 spiro atoms. The number of likely N-dealkylation sites (tertiary alicyclic amines) is 1. The molecule has 0 radical (unpaired) electrons. The van der Waals surface area contributed by atoms with Gasteiger partial charge in [-0.3, -0.25) is 9.59 Å². The molecule has 144 valence electrons. The third-order valence-electron chi connectivity index (χ3n) is 4.46. The molecule has 27 heavy (non-hydrogen) atoms. The fourth-order valence-electron chi connectivity index (χ4n) is 3.10. The second kappa shape index (κ2) is 8.99. The summed E-state index contributed by atoms with van der Waals surface area (Å²) in [6, 6.07) is 7.11. The summed E-state index contributed by atoms with van der Waals surface area (Å²) in [6.07, 6.45) is 1.58. The number of ether oxygens (including phenoxy) is 2. The molecule has 6 nitrogen and oxygen atoms in total. The minimum atomic E-state index is -0.230.